The van der Waals surface area contributed by atoms with Gasteiger partial charge in [-0.2, -0.15) is 0 Å². The minimum Gasteiger partial charge on any atom is -0.352 e. The molecule has 2 aromatic carbocycles. The molecule has 204 valence electrons. The van der Waals surface area contributed by atoms with Crippen LogP contribution in [0.15, 0.2) is 42.5 Å². The summed E-state index contributed by atoms with van der Waals surface area (Å²) in [5.74, 6) is -0.368. The summed E-state index contributed by atoms with van der Waals surface area (Å²) >= 11 is 6.13. The zero-order valence-electron chi connectivity index (χ0n) is 22.8. The number of carbonyl (C=O) groups is 2. The fourth-order valence-electron chi connectivity index (χ4n) is 4.08. The number of anilines is 1. The van der Waals surface area contributed by atoms with Crippen molar-refractivity contribution in [2.24, 2.45) is 0 Å². The Bertz CT molecular complexity index is 1170. The highest BCUT2D eigenvalue weighted by Gasteiger charge is 2.29. The summed E-state index contributed by atoms with van der Waals surface area (Å²) in [5.41, 5.74) is 3.31. The number of benzene rings is 2. The second kappa shape index (κ2) is 13.8. The van der Waals surface area contributed by atoms with Crippen LogP contribution in [0.5, 0.6) is 0 Å². The number of nitrogens with zero attached hydrogens (tertiary/aromatic N) is 2. The third kappa shape index (κ3) is 9.04. The molecule has 37 heavy (non-hydrogen) atoms. The smallest absolute Gasteiger partial charge is 0.243 e. The van der Waals surface area contributed by atoms with E-state index in [-0.39, 0.29) is 30.8 Å². The number of carbonyl (C=O) groups excluding carboxylic acids is 2. The largest absolute Gasteiger partial charge is 0.352 e. The summed E-state index contributed by atoms with van der Waals surface area (Å²) in [6, 6.07) is 12.4. The molecule has 0 saturated heterocycles. The van der Waals surface area contributed by atoms with Gasteiger partial charge in [0.25, 0.3) is 0 Å². The number of hydrogen-bond donors (Lipinski definition) is 1. The van der Waals surface area contributed by atoms with Crippen molar-refractivity contribution < 1.29 is 18.0 Å². The maximum absolute atomic E-state index is 13.5. The van der Waals surface area contributed by atoms with E-state index in [1.165, 1.54) is 4.31 Å². The fraction of sp³-hybridized carbons (Fsp3) is 0.500. The van der Waals surface area contributed by atoms with Crippen LogP contribution in [0.2, 0.25) is 5.02 Å². The van der Waals surface area contributed by atoms with Crippen molar-refractivity contribution in [3.8, 4) is 0 Å². The van der Waals surface area contributed by atoms with Crippen LogP contribution in [-0.2, 0) is 26.2 Å². The molecule has 2 atom stereocenters. The third-order valence-electron chi connectivity index (χ3n) is 6.45. The zero-order chi connectivity index (χ0) is 27.8. The first-order valence-corrected chi connectivity index (χ1v) is 15.0. The monoisotopic (exact) mass is 549 g/mol. The van der Waals surface area contributed by atoms with E-state index in [0.717, 1.165) is 29.4 Å². The highest BCUT2D eigenvalue weighted by Crippen LogP contribution is 2.27. The van der Waals surface area contributed by atoms with Crippen LogP contribution in [0, 0.1) is 13.8 Å². The van der Waals surface area contributed by atoms with Gasteiger partial charge < -0.3 is 10.2 Å². The molecule has 2 amide bonds. The second-order valence-electron chi connectivity index (χ2n) is 9.62. The van der Waals surface area contributed by atoms with Crippen molar-refractivity contribution in [1.29, 1.82) is 0 Å². The van der Waals surface area contributed by atoms with Crippen molar-refractivity contribution in [2.45, 2.75) is 78.9 Å². The Morgan fingerprint density at radius 1 is 1.03 bits per heavy atom. The summed E-state index contributed by atoms with van der Waals surface area (Å²) in [6.45, 7) is 10.1. The van der Waals surface area contributed by atoms with E-state index in [0.29, 0.717) is 30.1 Å². The van der Waals surface area contributed by atoms with Gasteiger partial charge >= 0.3 is 0 Å². The summed E-state index contributed by atoms with van der Waals surface area (Å²) in [7, 11) is -3.59. The highest BCUT2D eigenvalue weighted by molar-refractivity contribution is 7.92. The number of sulfonamides is 1. The molecule has 1 N–H and O–H groups in total. The predicted octanol–water partition coefficient (Wildman–Crippen LogP) is 5.23. The molecule has 2 unspecified atom stereocenters. The lowest BCUT2D eigenvalue weighted by molar-refractivity contribution is -0.141. The molecule has 0 aliphatic carbocycles. The molecule has 9 heteroatoms. The molecule has 0 radical (unpaired) electrons. The minimum absolute atomic E-state index is 0.00197. The van der Waals surface area contributed by atoms with Gasteiger partial charge in [-0.3, -0.25) is 13.9 Å². The third-order valence-corrected chi connectivity index (χ3v) is 7.87. The average Bonchev–Trinajstić information content (AvgIpc) is 2.83. The van der Waals surface area contributed by atoms with E-state index in [1.54, 1.807) is 23.1 Å². The standard InChI is InChI=1S/C28H40ClN3O4S/c1-7-22(5)30-28(34)25(8-2)31(19-23-14-11-20(3)12-15-23)27(33)10-9-17-32(37(6,35)36)26-18-24(29)16-13-21(26)4/h11-16,18,22,25H,7-10,17,19H2,1-6H3,(H,30,34). The molecule has 0 bridgehead atoms. The summed E-state index contributed by atoms with van der Waals surface area (Å²) in [4.78, 5) is 28.2. The van der Waals surface area contributed by atoms with Crippen molar-refractivity contribution in [2.75, 3.05) is 17.1 Å². The first-order valence-electron chi connectivity index (χ1n) is 12.8. The van der Waals surface area contributed by atoms with Gasteiger partial charge in [-0.1, -0.05) is 61.3 Å². The van der Waals surface area contributed by atoms with E-state index < -0.39 is 16.1 Å². The number of nitrogens with one attached hydrogen (secondary N) is 1. The van der Waals surface area contributed by atoms with Gasteiger partial charge in [-0.15, -0.1) is 0 Å². The van der Waals surface area contributed by atoms with Gasteiger partial charge in [0.15, 0.2) is 0 Å². The summed E-state index contributed by atoms with van der Waals surface area (Å²) in [6.07, 6.45) is 2.80. The van der Waals surface area contributed by atoms with E-state index >= 15 is 0 Å². The zero-order valence-corrected chi connectivity index (χ0v) is 24.3. The van der Waals surface area contributed by atoms with Gasteiger partial charge in [0.1, 0.15) is 6.04 Å². The van der Waals surface area contributed by atoms with Crippen LogP contribution in [0.3, 0.4) is 0 Å². The Labute approximate surface area is 227 Å². The van der Waals surface area contributed by atoms with E-state index in [1.807, 2.05) is 58.9 Å². The Kier molecular flexibility index (Phi) is 11.4. The maximum Gasteiger partial charge on any atom is 0.243 e. The molecule has 0 aliphatic heterocycles. The lowest BCUT2D eigenvalue weighted by Crippen LogP contribution is -2.50. The molecule has 0 spiro atoms. The second-order valence-corrected chi connectivity index (χ2v) is 12.0. The summed E-state index contributed by atoms with van der Waals surface area (Å²) < 4.78 is 26.5. The summed E-state index contributed by atoms with van der Waals surface area (Å²) in [5, 5.41) is 3.44. The van der Waals surface area contributed by atoms with Gasteiger partial charge in [0, 0.05) is 30.6 Å². The van der Waals surface area contributed by atoms with E-state index in [2.05, 4.69) is 5.32 Å². The van der Waals surface area contributed by atoms with Crippen molar-refractivity contribution in [3.05, 3.63) is 64.2 Å². The molecular formula is C28H40ClN3O4S. The van der Waals surface area contributed by atoms with Crippen molar-refractivity contribution in [3.63, 3.8) is 0 Å². The maximum atomic E-state index is 13.5. The van der Waals surface area contributed by atoms with Crippen LogP contribution in [0.25, 0.3) is 0 Å². The van der Waals surface area contributed by atoms with Gasteiger partial charge in [-0.25, -0.2) is 8.42 Å². The Balaban J connectivity index is 2.25. The number of aryl methyl sites for hydroxylation is 2. The molecular weight excluding hydrogens is 510 g/mol. The molecule has 0 heterocycles. The normalized spacial score (nSPS) is 13.1. The molecule has 0 aliphatic rings. The first-order chi connectivity index (χ1) is 17.4. The van der Waals surface area contributed by atoms with Crippen LogP contribution in [0.4, 0.5) is 5.69 Å². The lowest BCUT2D eigenvalue weighted by atomic mass is 10.1. The Morgan fingerprint density at radius 3 is 2.24 bits per heavy atom. The van der Waals surface area contributed by atoms with E-state index in [9.17, 15) is 18.0 Å². The molecule has 0 saturated carbocycles. The van der Waals surface area contributed by atoms with Crippen LogP contribution < -0.4 is 9.62 Å². The van der Waals surface area contributed by atoms with Crippen molar-refractivity contribution >= 4 is 39.1 Å². The quantitative estimate of drug-likeness (QED) is 0.371. The fourth-order valence-corrected chi connectivity index (χ4v) is 5.27. The average molecular weight is 550 g/mol. The predicted molar refractivity (Wildman–Crippen MR) is 151 cm³/mol. The van der Waals surface area contributed by atoms with Crippen LogP contribution >= 0.6 is 11.6 Å². The molecule has 7 nitrogen and oxygen atoms in total. The number of rotatable bonds is 13. The van der Waals surface area contributed by atoms with Crippen LogP contribution in [0.1, 0.15) is 63.1 Å². The first kappa shape index (κ1) is 30.6. The van der Waals surface area contributed by atoms with Gasteiger partial charge in [0.2, 0.25) is 21.8 Å². The lowest BCUT2D eigenvalue weighted by Gasteiger charge is -2.32. The van der Waals surface area contributed by atoms with Gasteiger partial charge in [-0.05, 0) is 63.3 Å². The molecule has 2 aromatic rings. The molecule has 0 aromatic heterocycles. The number of hydrogen-bond acceptors (Lipinski definition) is 4. The van der Waals surface area contributed by atoms with Crippen molar-refractivity contribution in [1.82, 2.24) is 10.2 Å². The topological polar surface area (TPSA) is 86.8 Å². The van der Waals surface area contributed by atoms with Gasteiger partial charge in [0.05, 0.1) is 11.9 Å². The highest BCUT2D eigenvalue weighted by atomic mass is 35.5. The number of amides is 2. The van der Waals surface area contributed by atoms with E-state index in [4.69, 9.17) is 11.6 Å². The molecule has 0 fully saturated rings. The van der Waals surface area contributed by atoms with Crippen LogP contribution in [-0.4, -0.2) is 50.0 Å². The SMILES string of the molecule is CCC(C)NC(=O)C(CC)N(Cc1ccc(C)cc1)C(=O)CCCN(c1cc(Cl)ccc1C)S(C)(=O)=O. The molecule has 2 rings (SSSR count). The Morgan fingerprint density at radius 2 is 1.68 bits per heavy atom. The number of halogens is 1. The Hall–Kier alpha value is -2.58. The minimum atomic E-state index is -3.59.